The van der Waals surface area contributed by atoms with E-state index in [1.165, 1.54) is 0 Å². The molecule has 0 aliphatic carbocycles. The zero-order chi connectivity index (χ0) is 12.3. The van der Waals surface area contributed by atoms with Crippen molar-refractivity contribution >= 4 is 17.4 Å². The monoisotopic (exact) mass is 248 g/mol. The van der Waals surface area contributed by atoms with Crippen LogP contribution in [0.2, 0.25) is 5.15 Å². The molecule has 0 bridgehead atoms. The summed E-state index contributed by atoms with van der Waals surface area (Å²) < 4.78 is 0. The largest absolute Gasteiger partial charge is 0.280 e. The summed E-state index contributed by atoms with van der Waals surface area (Å²) in [7, 11) is 0. The lowest BCUT2D eigenvalue weighted by molar-refractivity contribution is 0.453. The Bertz CT molecular complexity index is 474. The number of hydrogen-bond donors (Lipinski definition) is 1. The molecule has 88 valence electrons. The molecule has 0 spiro atoms. The van der Waals surface area contributed by atoms with Crippen LogP contribution in [0.1, 0.15) is 18.9 Å². The normalized spacial score (nSPS) is 23.0. The fourth-order valence-corrected chi connectivity index (χ4v) is 2.21. The third-order valence-electron chi connectivity index (χ3n) is 3.06. The van der Waals surface area contributed by atoms with E-state index in [-0.39, 0.29) is 5.41 Å². The van der Waals surface area contributed by atoms with Crippen molar-refractivity contribution in [2.24, 2.45) is 10.4 Å². The quantitative estimate of drug-likeness (QED) is 0.496. The van der Waals surface area contributed by atoms with Gasteiger partial charge in [-0.1, -0.05) is 24.6 Å². The zero-order valence-electron chi connectivity index (χ0n) is 9.57. The first kappa shape index (κ1) is 11.9. The summed E-state index contributed by atoms with van der Waals surface area (Å²) in [5.41, 5.74) is 0.997. The van der Waals surface area contributed by atoms with Crippen molar-refractivity contribution < 1.29 is 0 Å². The molecule has 0 saturated heterocycles. The maximum atomic E-state index is 8.69. The number of nitrogens with zero attached hydrogens (tertiary/aromatic N) is 3. The number of aliphatic imine (C=N–C) groups is 1. The topological polar surface area (TPSA) is 61.1 Å². The van der Waals surface area contributed by atoms with Crippen LogP contribution in [0.25, 0.3) is 0 Å². The minimum absolute atomic E-state index is 0.106. The van der Waals surface area contributed by atoms with Gasteiger partial charge in [0.05, 0.1) is 0 Å². The Hall–Kier alpha value is -1.60. The molecule has 0 amide bonds. The van der Waals surface area contributed by atoms with Crippen molar-refractivity contribution in [2.45, 2.75) is 19.8 Å². The lowest BCUT2D eigenvalue weighted by Gasteiger charge is -2.24. The number of aromatic nitrogens is 1. The van der Waals surface area contributed by atoms with E-state index in [4.69, 9.17) is 16.9 Å². The first-order chi connectivity index (χ1) is 8.14. The van der Waals surface area contributed by atoms with E-state index in [0.29, 0.717) is 5.15 Å². The summed E-state index contributed by atoms with van der Waals surface area (Å²) in [6, 6.07) is 3.74. The fourth-order valence-electron chi connectivity index (χ4n) is 2.10. The van der Waals surface area contributed by atoms with Crippen LogP contribution in [-0.2, 0) is 6.42 Å². The lowest BCUT2D eigenvalue weighted by atomic mass is 9.81. The number of amidine groups is 1. The molecule has 0 aromatic carbocycles. The van der Waals surface area contributed by atoms with E-state index in [1.54, 1.807) is 12.3 Å². The smallest absolute Gasteiger partial charge is 0.182 e. The molecule has 1 aromatic heterocycles. The molecule has 2 heterocycles. The highest BCUT2D eigenvalue weighted by molar-refractivity contribution is 6.29. The number of hydrogen-bond acceptors (Lipinski definition) is 4. The van der Waals surface area contributed by atoms with Gasteiger partial charge in [0.25, 0.3) is 0 Å². The molecule has 1 N–H and O–H groups in total. The summed E-state index contributed by atoms with van der Waals surface area (Å²) in [6.45, 7) is 2.87. The number of nitriles is 1. The molecule has 17 heavy (non-hydrogen) atoms. The van der Waals surface area contributed by atoms with Gasteiger partial charge in [0, 0.05) is 18.2 Å². The second-order valence-electron chi connectivity index (χ2n) is 4.44. The number of nitrogens with one attached hydrogen (secondary N) is 1. The lowest BCUT2D eigenvalue weighted by Crippen LogP contribution is -2.35. The molecule has 2 rings (SSSR count). The Kier molecular flexibility index (Phi) is 3.30. The van der Waals surface area contributed by atoms with Gasteiger partial charge in [0.15, 0.2) is 6.19 Å². The Labute approximate surface area is 105 Å². The second kappa shape index (κ2) is 4.72. The van der Waals surface area contributed by atoms with Crippen molar-refractivity contribution in [3.8, 4) is 6.19 Å². The SMILES string of the molecule is CC1(Cc2ccc(Cl)nc2)CCN=C1NC#N. The van der Waals surface area contributed by atoms with E-state index in [9.17, 15) is 0 Å². The number of halogens is 1. The Balaban J connectivity index is 2.15. The van der Waals surface area contributed by atoms with Gasteiger partial charge in [-0.05, 0) is 24.5 Å². The minimum atomic E-state index is -0.106. The van der Waals surface area contributed by atoms with Gasteiger partial charge in [-0.15, -0.1) is 0 Å². The summed E-state index contributed by atoms with van der Waals surface area (Å²) in [5, 5.41) is 11.9. The average Bonchev–Trinajstić information content (AvgIpc) is 2.65. The molecule has 5 heteroatoms. The highest BCUT2D eigenvalue weighted by atomic mass is 35.5. The third-order valence-corrected chi connectivity index (χ3v) is 3.29. The fraction of sp³-hybridized carbons (Fsp3) is 0.417. The van der Waals surface area contributed by atoms with Crippen LogP contribution >= 0.6 is 11.6 Å². The van der Waals surface area contributed by atoms with Crippen LogP contribution in [0.15, 0.2) is 23.3 Å². The van der Waals surface area contributed by atoms with Gasteiger partial charge in [-0.25, -0.2) is 4.98 Å². The van der Waals surface area contributed by atoms with Gasteiger partial charge >= 0.3 is 0 Å². The first-order valence-electron chi connectivity index (χ1n) is 5.44. The highest BCUT2D eigenvalue weighted by Crippen LogP contribution is 2.32. The molecule has 1 unspecified atom stereocenters. The summed E-state index contributed by atoms with van der Waals surface area (Å²) in [5.74, 6) is 0.773. The van der Waals surface area contributed by atoms with Crippen molar-refractivity contribution in [3.05, 3.63) is 29.0 Å². The first-order valence-corrected chi connectivity index (χ1v) is 5.82. The van der Waals surface area contributed by atoms with Crippen molar-refractivity contribution in [1.82, 2.24) is 10.3 Å². The summed E-state index contributed by atoms with van der Waals surface area (Å²) in [6.07, 6.45) is 5.47. The van der Waals surface area contributed by atoms with Gasteiger partial charge in [0.2, 0.25) is 0 Å². The molecular weight excluding hydrogens is 236 g/mol. The number of rotatable bonds is 2. The van der Waals surface area contributed by atoms with Crippen LogP contribution in [0, 0.1) is 16.9 Å². The second-order valence-corrected chi connectivity index (χ2v) is 4.83. The molecule has 1 aromatic rings. The van der Waals surface area contributed by atoms with E-state index in [1.807, 2.05) is 12.3 Å². The van der Waals surface area contributed by atoms with Crippen molar-refractivity contribution in [1.29, 1.82) is 5.26 Å². The van der Waals surface area contributed by atoms with Crippen LogP contribution in [0.4, 0.5) is 0 Å². The van der Waals surface area contributed by atoms with Gasteiger partial charge < -0.3 is 0 Å². The van der Waals surface area contributed by atoms with Gasteiger partial charge in [0.1, 0.15) is 11.0 Å². The summed E-state index contributed by atoms with van der Waals surface area (Å²) in [4.78, 5) is 8.39. The molecule has 1 aliphatic rings. The van der Waals surface area contributed by atoms with E-state index in [2.05, 4.69) is 22.2 Å². The minimum Gasteiger partial charge on any atom is -0.280 e. The highest BCUT2D eigenvalue weighted by Gasteiger charge is 2.34. The van der Waals surface area contributed by atoms with Crippen molar-refractivity contribution in [2.75, 3.05) is 6.54 Å². The Morgan fingerprint density at radius 1 is 1.59 bits per heavy atom. The standard InChI is InChI=1S/C12H13ClN4/c1-12(4-5-15-11(12)17-8-14)6-9-2-3-10(13)16-7-9/h2-3,7H,4-6H2,1H3,(H,15,17). The summed E-state index contributed by atoms with van der Waals surface area (Å²) >= 11 is 5.75. The molecule has 0 saturated carbocycles. The molecule has 1 atom stereocenters. The molecule has 1 aliphatic heterocycles. The zero-order valence-corrected chi connectivity index (χ0v) is 10.3. The number of pyridine rings is 1. The van der Waals surface area contributed by atoms with Crippen LogP contribution in [0.5, 0.6) is 0 Å². The van der Waals surface area contributed by atoms with E-state index < -0.39 is 0 Å². The van der Waals surface area contributed by atoms with Gasteiger partial charge in [-0.3, -0.25) is 10.3 Å². The van der Waals surface area contributed by atoms with Crippen LogP contribution < -0.4 is 5.32 Å². The van der Waals surface area contributed by atoms with Crippen LogP contribution in [0.3, 0.4) is 0 Å². The Morgan fingerprint density at radius 2 is 2.41 bits per heavy atom. The van der Waals surface area contributed by atoms with Crippen LogP contribution in [-0.4, -0.2) is 17.4 Å². The molecular formula is C12H13ClN4. The molecule has 4 nitrogen and oxygen atoms in total. The maximum absolute atomic E-state index is 8.69. The molecule has 0 fully saturated rings. The van der Waals surface area contributed by atoms with Gasteiger partial charge in [-0.2, -0.15) is 5.26 Å². The van der Waals surface area contributed by atoms with E-state index >= 15 is 0 Å². The predicted octanol–water partition coefficient (Wildman–Crippen LogP) is 2.16. The predicted molar refractivity (Wildman–Crippen MR) is 66.7 cm³/mol. The average molecular weight is 249 g/mol. The van der Waals surface area contributed by atoms with E-state index in [0.717, 1.165) is 30.8 Å². The molecule has 0 radical (unpaired) electrons. The maximum Gasteiger partial charge on any atom is 0.182 e. The Morgan fingerprint density at radius 3 is 3.06 bits per heavy atom. The van der Waals surface area contributed by atoms with Crippen molar-refractivity contribution in [3.63, 3.8) is 0 Å². The third kappa shape index (κ3) is 2.56.